The predicted octanol–water partition coefficient (Wildman–Crippen LogP) is 5.28. The van der Waals surface area contributed by atoms with Gasteiger partial charge in [0, 0.05) is 11.6 Å². The molecule has 2 aromatic heterocycles. The molecule has 1 fully saturated rings. The molecule has 2 N–H and O–H groups in total. The van der Waals surface area contributed by atoms with Crippen molar-refractivity contribution in [2.75, 3.05) is 0 Å². The molecule has 1 aliphatic carbocycles. The van der Waals surface area contributed by atoms with Crippen LogP contribution in [0, 0.1) is 13.8 Å². The predicted molar refractivity (Wildman–Crippen MR) is 120 cm³/mol. The Kier molecular flexibility index (Phi) is 4.63. The fraction of sp³-hybridized carbons (Fsp3) is 0.231. The lowest BCUT2D eigenvalue weighted by atomic mass is 9.97. The molecule has 2 heterocycles. The standard InChI is InChI=1S/C26H24N2O3/c1-15-7-14-22(28-16(2)23(18-10-11-18)27-25(15)28)24(29)19-12-8-17(9-13-19)20-5-3-4-6-21(20)26(30)31/h3-9,12-14,18,24,29H,10-11H2,1-2H3,(H,30,31). The molecule has 0 radical (unpaired) electrons. The number of carboxylic acid groups (broad SMARTS) is 1. The van der Waals surface area contributed by atoms with Gasteiger partial charge in [0.25, 0.3) is 0 Å². The first-order valence-corrected chi connectivity index (χ1v) is 10.5. The molecule has 0 spiro atoms. The lowest BCUT2D eigenvalue weighted by molar-refractivity contribution is 0.0697. The molecular formula is C26H24N2O3. The van der Waals surface area contributed by atoms with Gasteiger partial charge in [0.2, 0.25) is 0 Å². The van der Waals surface area contributed by atoms with Crippen molar-refractivity contribution in [3.05, 3.63) is 94.4 Å². The van der Waals surface area contributed by atoms with E-state index in [9.17, 15) is 15.0 Å². The lowest BCUT2D eigenvalue weighted by Crippen LogP contribution is -2.08. The summed E-state index contributed by atoms with van der Waals surface area (Å²) in [5.41, 5.74) is 7.50. The van der Waals surface area contributed by atoms with Gasteiger partial charge in [-0.1, -0.05) is 48.5 Å². The van der Waals surface area contributed by atoms with Crippen LogP contribution in [-0.4, -0.2) is 25.6 Å². The number of benzene rings is 2. The van der Waals surface area contributed by atoms with Crippen LogP contribution in [0.5, 0.6) is 0 Å². The molecule has 5 rings (SSSR count). The number of nitrogens with zero attached hydrogens (tertiary/aromatic N) is 2. The van der Waals surface area contributed by atoms with Crippen molar-refractivity contribution >= 4 is 11.6 Å². The molecule has 1 saturated carbocycles. The summed E-state index contributed by atoms with van der Waals surface area (Å²) in [6.45, 7) is 4.12. The van der Waals surface area contributed by atoms with Crippen LogP contribution < -0.4 is 0 Å². The summed E-state index contributed by atoms with van der Waals surface area (Å²) in [5.74, 6) is -0.415. The number of aliphatic hydroxyl groups excluding tert-OH is 1. The molecule has 5 nitrogen and oxygen atoms in total. The fourth-order valence-electron chi connectivity index (χ4n) is 4.35. The third kappa shape index (κ3) is 3.31. The summed E-state index contributed by atoms with van der Waals surface area (Å²) in [7, 11) is 0. The molecule has 0 bridgehead atoms. The number of aryl methyl sites for hydroxylation is 2. The van der Waals surface area contributed by atoms with E-state index in [1.807, 2.05) is 49.4 Å². The number of hydrogen-bond donors (Lipinski definition) is 2. The van der Waals surface area contributed by atoms with Crippen molar-refractivity contribution in [3.63, 3.8) is 0 Å². The van der Waals surface area contributed by atoms with E-state index >= 15 is 0 Å². The normalized spacial score (nSPS) is 14.7. The van der Waals surface area contributed by atoms with Gasteiger partial charge in [-0.2, -0.15) is 0 Å². The fourth-order valence-corrected chi connectivity index (χ4v) is 4.35. The minimum absolute atomic E-state index is 0.262. The van der Waals surface area contributed by atoms with E-state index in [1.165, 1.54) is 12.8 Å². The number of pyridine rings is 1. The molecule has 156 valence electrons. The van der Waals surface area contributed by atoms with Gasteiger partial charge < -0.3 is 10.2 Å². The van der Waals surface area contributed by atoms with E-state index in [1.54, 1.807) is 18.2 Å². The van der Waals surface area contributed by atoms with Crippen LogP contribution in [0.2, 0.25) is 0 Å². The number of aromatic carboxylic acids is 1. The average molecular weight is 412 g/mol. The molecule has 0 aliphatic heterocycles. The van der Waals surface area contributed by atoms with Gasteiger partial charge in [-0.05, 0) is 61.1 Å². The van der Waals surface area contributed by atoms with Gasteiger partial charge in [-0.3, -0.25) is 4.40 Å². The summed E-state index contributed by atoms with van der Waals surface area (Å²) < 4.78 is 2.08. The van der Waals surface area contributed by atoms with E-state index in [0.717, 1.165) is 39.4 Å². The number of fused-ring (bicyclic) bond motifs is 1. The van der Waals surface area contributed by atoms with Crippen LogP contribution >= 0.6 is 0 Å². The zero-order chi connectivity index (χ0) is 21.7. The van der Waals surface area contributed by atoms with Crippen LogP contribution in [0.25, 0.3) is 16.8 Å². The molecule has 5 heteroatoms. The molecule has 1 unspecified atom stereocenters. The lowest BCUT2D eigenvalue weighted by Gasteiger charge is -2.16. The number of carbonyl (C=O) groups is 1. The topological polar surface area (TPSA) is 74.8 Å². The van der Waals surface area contributed by atoms with Gasteiger partial charge in [-0.25, -0.2) is 9.78 Å². The number of aromatic nitrogens is 2. The Hall–Kier alpha value is -3.44. The molecule has 4 aromatic rings. The minimum Gasteiger partial charge on any atom is -0.478 e. The van der Waals surface area contributed by atoms with Crippen molar-refractivity contribution in [1.82, 2.24) is 9.38 Å². The second-order valence-electron chi connectivity index (χ2n) is 8.33. The Morgan fingerprint density at radius 3 is 2.42 bits per heavy atom. The van der Waals surface area contributed by atoms with Gasteiger partial charge in [0.1, 0.15) is 11.8 Å². The van der Waals surface area contributed by atoms with Gasteiger partial charge in [0.15, 0.2) is 0 Å². The maximum absolute atomic E-state index is 11.5. The zero-order valence-corrected chi connectivity index (χ0v) is 17.5. The Balaban J connectivity index is 1.54. The quantitative estimate of drug-likeness (QED) is 0.468. The summed E-state index contributed by atoms with van der Waals surface area (Å²) in [4.78, 5) is 16.4. The third-order valence-corrected chi connectivity index (χ3v) is 6.20. The SMILES string of the molecule is Cc1ccc(C(O)c2ccc(-c3ccccc3C(=O)O)cc2)n2c(C)c(C3CC3)nc12. The van der Waals surface area contributed by atoms with E-state index in [2.05, 4.69) is 11.3 Å². The molecule has 31 heavy (non-hydrogen) atoms. The van der Waals surface area contributed by atoms with Crippen LogP contribution in [0.1, 0.15) is 63.4 Å². The number of imidazole rings is 1. The highest BCUT2D eigenvalue weighted by atomic mass is 16.4. The first kappa shape index (κ1) is 19.5. The highest BCUT2D eigenvalue weighted by Gasteiger charge is 2.30. The Bertz CT molecular complexity index is 1300. The first-order valence-electron chi connectivity index (χ1n) is 10.5. The van der Waals surface area contributed by atoms with Gasteiger partial charge in [0.05, 0.1) is 17.0 Å². The first-order chi connectivity index (χ1) is 15.0. The molecule has 0 amide bonds. The maximum atomic E-state index is 11.5. The summed E-state index contributed by atoms with van der Waals surface area (Å²) in [5, 5.41) is 20.7. The Labute approximate surface area is 180 Å². The maximum Gasteiger partial charge on any atom is 0.336 e. The van der Waals surface area contributed by atoms with Crippen molar-refractivity contribution in [2.45, 2.75) is 38.7 Å². The van der Waals surface area contributed by atoms with E-state index in [0.29, 0.717) is 11.5 Å². The van der Waals surface area contributed by atoms with Crippen LogP contribution in [-0.2, 0) is 0 Å². The zero-order valence-electron chi connectivity index (χ0n) is 17.5. The van der Waals surface area contributed by atoms with Crippen molar-refractivity contribution in [3.8, 4) is 11.1 Å². The molecular weight excluding hydrogens is 388 g/mol. The van der Waals surface area contributed by atoms with E-state index in [4.69, 9.17) is 4.98 Å². The smallest absolute Gasteiger partial charge is 0.336 e. The van der Waals surface area contributed by atoms with Crippen LogP contribution in [0.4, 0.5) is 0 Å². The summed E-state index contributed by atoms with van der Waals surface area (Å²) in [6, 6.07) is 18.4. The summed E-state index contributed by atoms with van der Waals surface area (Å²) >= 11 is 0. The molecule has 0 saturated heterocycles. The highest BCUT2D eigenvalue weighted by molar-refractivity contribution is 5.96. The number of hydrogen-bond acceptors (Lipinski definition) is 3. The summed E-state index contributed by atoms with van der Waals surface area (Å²) in [6.07, 6.45) is 1.55. The Morgan fingerprint density at radius 1 is 1.03 bits per heavy atom. The number of rotatable bonds is 5. The van der Waals surface area contributed by atoms with E-state index < -0.39 is 12.1 Å². The van der Waals surface area contributed by atoms with Crippen LogP contribution in [0.15, 0.2) is 60.7 Å². The van der Waals surface area contributed by atoms with Crippen molar-refractivity contribution in [2.24, 2.45) is 0 Å². The van der Waals surface area contributed by atoms with Gasteiger partial charge >= 0.3 is 5.97 Å². The molecule has 1 aliphatic rings. The van der Waals surface area contributed by atoms with Crippen molar-refractivity contribution in [1.29, 1.82) is 0 Å². The average Bonchev–Trinajstić information content (AvgIpc) is 3.57. The Morgan fingerprint density at radius 2 is 1.74 bits per heavy atom. The monoisotopic (exact) mass is 412 g/mol. The third-order valence-electron chi connectivity index (χ3n) is 6.20. The second-order valence-corrected chi connectivity index (χ2v) is 8.33. The van der Waals surface area contributed by atoms with E-state index in [-0.39, 0.29) is 5.56 Å². The van der Waals surface area contributed by atoms with Gasteiger partial charge in [-0.15, -0.1) is 0 Å². The largest absolute Gasteiger partial charge is 0.478 e. The second kappa shape index (κ2) is 7.36. The van der Waals surface area contributed by atoms with Crippen LogP contribution in [0.3, 0.4) is 0 Å². The number of carboxylic acids is 1. The molecule has 1 atom stereocenters. The number of aliphatic hydroxyl groups is 1. The highest BCUT2D eigenvalue weighted by Crippen LogP contribution is 2.42. The van der Waals surface area contributed by atoms with Crippen molar-refractivity contribution < 1.29 is 15.0 Å². The molecule has 2 aromatic carbocycles. The minimum atomic E-state index is -0.955.